The molecule has 0 radical (unpaired) electrons. The van der Waals surface area contributed by atoms with Crippen LogP contribution in [0.15, 0.2) is 36.4 Å². The van der Waals surface area contributed by atoms with Gasteiger partial charge in [-0.05, 0) is 98.9 Å². The van der Waals surface area contributed by atoms with Crippen molar-refractivity contribution in [2.24, 2.45) is 11.8 Å². The van der Waals surface area contributed by atoms with Crippen molar-refractivity contribution >= 4 is 90.9 Å². The Labute approximate surface area is 604 Å². The number of benzene rings is 2. The van der Waals surface area contributed by atoms with Gasteiger partial charge in [0.25, 0.3) is 0 Å². The number of aryl methyl sites for hydroxylation is 2. The third-order valence-electron chi connectivity index (χ3n) is 20.0. The van der Waals surface area contributed by atoms with Crippen LogP contribution in [-0.4, -0.2) is 30.7 Å². The highest BCUT2D eigenvalue weighted by Crippen LogP contribution is 2.55. The first kappa shape index (κ1) is 78.1. The standard InChI is InChI=1S/C82H120F2N4O2S6/c1-9-15-21-27-31-33-37-41-46-61(45-39-35-29-23-17-11-3)55-63-57-68(92-60(63)8)70-74(83)75(84)71(77-76(70)85-95-86-77)69-58-64(56-62(47-40-36-30-24-18-12-4)48-42-38-34-32-28-22-16-10-2)82(94-69)67-52-51-66(93-67)73-79-78(87-96-88-79)72(65-50-49-59(7)91-65)80(89-53-43-25-19-13-5)81(73)90-54-44-26-20-14-6/h49-52,57-58,61-62H,9-48,53-56H2,1-8H3. The molecule has 8 aromatic rings. The Kier molecular flexibility index (Phi) is 35.7. The molecule has 530 valence electrons. The Balaban J connectivity index is 1.19. The van der Waals surface area contributed by atoms with Crippen LogP contribution in [0.5, 0.6) is 11.5 Å². The number of thiophene rings is 4. The number of hydrogen-bond donors (Lipinski definition) is 0. The number of rotatable bonds is 53. The number of fused-ring (bicyclic) bond motifs is 2. The van der Waals surface area contributed by atoms with Crippen molar-refractivity contribution in [2.45, 2.75) is 325 Å². The SMILES string of the molecule is CCCCCCCCCCC(CCCCCCCC)Cc1cc(-c2c(F)c(F)c(-c3cc(CC(CCCCCCCC)CCCCCCCCCC)c(-c4ccc(-c5c(OCCCCCC)c(OCCCCCC)c(-c6ccc(C)s6)c6nsnc56)s4)s3)c3nsnc23)sc1C. The molecule has 0 N–H and O–H groups in total. The number of aromatic nitrogens is 4. The molecule has 0 amide bonds. The lowest BCUT2D eigenvalue weighted by atomic mass is 9.88. The quantitative estimate of drug-likeness (QED) is 0.0354. The summed E-state index contributed by atoms with van der Waals surface area (Å²) in [7, 11) is 0. The molecule has 0 spiro atoms. The molecule has 0 aliphatic carbocycles. The van der Waals surface area contributed by atoms with E-state index >= 15 is 8.78 Å². The molecule has 6 nitrogen and oxygen atoms in total. The summed E-state index contributed by atoms with van der Waals surface area (Å²) in [5.74, 6) is 0.882. The van der Waals surface area contributed by atoms with E-state index in [0.29, 0.717) is 41.0 Å². The molecule has 0 aliphatic rings. The minimum atomic E-state index is -0.829. The zero-order valence-electron chi connectivity index (χ0n) is 60.5. The van der Waals surface area contributed by atoms with Crippen molar-refractivity contribution in [1.29, 1.82) is 0 Å². The third-order valence-corrected chi connectivity index (χ3v) is 25.6. The van der Waals surface area contributed by atoms with E-state index in [1.807, 2.05) is 0 Å². The average Bonchev–Trinajstić information content (AvgIpc) is 1.51. The summed E-state index contributed by atoms with van der Waals surface area (Å²) in [5.41, 5.74) is 7.42. The molecule has 14 heteroatoms. The predicted octanol–water partition coefficient (Wildman–Crippen LogP) is 30.0. The van der Waals surface area contributed by atoms with E-state index in [2.05, 4.69) is 91.8 Å². The number of unbranched alkanes of at least 4 members (excludes halogenated alkanes) is 30. The van der Waals surface area contributed by atoms with Crippen molar-refractivity contribution in [3.63, 3.8) is 0 Å². The Morgan fingerprint density at radius 1 is 0.344 bits per heavy atom. The predicted molar refractivity (Wildman–Crippen MR) is 421 cm³/mol. The van der Waals surface area contributed by atoms with Gasteiger partial charge in [-0.15, -0.1) is 45.3 Å². The molecule has 2 unspecified atom stereocenters. The molecule has 0 saturated carbocycles. The highest BCUT2D eigenvalue weighted by molar-refractivity contribution is 7.25. The molecule has 0 saturated heterocycles. The summed E-state index contributed by atoms with van der Waals surface area (Å²) < 4.78 is 69.9. The van der Waals surface area contributed by atoms with Crippen molar-refractivity contribution < 1.29 is 18.3 Å². The fraction of sp³-hybridized carbons (Fsp3) is 0.659. The molecular formula is C82H120F2N4O2S6. The van der Waals surface area contributed by atoms with Crippen molar-refractivity contribution in [3.05, 3.63) is 68.9 Å². The first-order chi connectivity index (χ1) is 47.1. The maximum Gasteiger partial charge on any atom is 0.172 e. The molecule has 96 heavy (non-hydrogen) atoms. The lowest BCUT2D eigenvalue weighted by molar-refractivity contribution is 0.261. The number of nitrogens with zero attached hydrogens (tertiary/aromatic N) is 4. The van der Waals surface area contributed by atoms with Gasteiger partial charge in [-0.25, -0.2) is 8.78 Å². The monoisotopic (exact) mass is 1420 g/mol. The minimum Gasteiger partial charge on any atom is -0.489 e. The Hall–Kier alpha value is -3.66. The van der Waals surface area contributed by atoms with Crippen LogP contribution in [0.2, 0.25) is 0 Å². The van der Waals surface area contributed by atoms with E-state index in [9.17, 15) is 0 Å². The summed E-state index contributed by atoms with van der Waals surface area (Å²) in [4.78, 5) is 8.21. The molecule has 6 aromatic heterocycles. The summed E-state index contributed by atoms with van der Waals surface area (Å²) in [6.45, 7) is 19.1. The van der Waals surface area contributed by atoms with Crippen LogP contribution in [0.3, 0.4) is 0 Å². The second-order valence-electron chi connectivity index (χ2n) is 28.0. The second kappa shape index (κ2) is 43.9. The normalized spacial score (nSPS) is 12.6. The summed E-state index contributed by atoms with van der Waals surface area (Å²) in [6, 6.07) is 13.3. The van der Waals surface area contributed by atoms with Crippen LogP contribution in [0, 0.1) is 37.3 Å². The zero-order chi connectivity index (χ0) is 67.7. The molecule has 2 atom stereocenters. The van der Waals surface area contributed by atoms with Crippen molar-refractivity contribution in [2.75, 3.05) is 13.2 Å². The van der Waals surface area contributed by atoms with Gasteiger partial charge < -0.3 is 9.47 Å². The Bertz CT molecular complexity index is 3460. The minimum absolute atomic E-state index is 0.233. The van der Waals surface area contributed by atoms with E-state index in [-0.39, 0.29) is 11.1 Å². The average molecular weight is 1420 g/mol. The van der Waals surface area contributed by atoms with Crippen molar-refractivity contribution in [3.8, 4) is 63.0 Å². The Morgan fingerprint density at radius 2 is 0.677 bits per heavy atom. The van der Waals surface area contributed by atoms with E-state index in [4.69, 9.17) is 27.0 Å². The van der Waals surface area contributed by atoms with Crippen LogP contribution in [0.1, 0.15) is 319 Å². The maximum absolute atomic E-state index is 18.0. The lowest BCUT2D eigenvalue weighted by Crippen LogP contribution is -2.06. The van der Waals surface area contributed by atoms with Gasteiger partial charge in [0.1, 0.15) is 22.1 Å². The molecule has 6 heterocycles. The van der Waals surface area contributed by atoms with E-state index < -0.39 is 11.6 Å². The smallest absolute Gasteiger partial charge is 0.172 e. The zero-order valence-corrected chi connectivity index (χ0v) is 65.4. The fourth-order valence-corrected chi connectivity index (χ4v) is 19.8. The van der Waals surface area contributed by atoms with Gasteiger partial charge in [0, 0.05) is 39.0 Å². The molecule has 8 rings (SSSR count). The second-order valence-corrected chi connectivity index (χ2v) is 33.8. The molecule has 2 aromatic carbocycles. The van der Waals surface area contributed by atoms with E-state index in [1.54, 1.807) is 45.3 Å². The molecular weight excluding hydrogens is 1300 g/mol. The highest BCUT2D eigenvalue weighted by atomic mass is 32.1. The number of hydrogen-bond acceptors (Lipinski definition) is 12. The topological polar surface area (TPSA) is 70.0 Å². The van der Waals surface area contributed by atoms with Gasteiger partial charge in [0.15, 0.2) is 23.1 Å². The van der Waals surface area contributed by atoms with Gasteiger partial charge in [0.2, 0.25) is 0 Å². The van der Waals surface area contributed by atoms with Gasteiger partial charge in [0.05, 0.1) is 58.9 Å². The van der Waals surface area contributed by atoms with Crippen LogP contribution in [-0.2, 0) is 12.8 Å². The van der Waals surface area contributed by atoms with E-state index in [1.165, 1.54) is 225 Å². The Morgan fingerprint density at radius 3 is 1.08 bits per heavy atom. The van der Waals surface area contributed by atoms with Crippen LogP contribution >= 0.6 is 68.8 Å². The fourth-order valence-electron chi connectivity index (χ4n) is 14.3. The first-order valence-corrected chi connectivity index (χ1v) is 43.5. The van der Waals surface area contributed by atoms with Gasteiger partial charge >= 0.3 is 0 Å². The van der Waals surface area contributed by atoms with E-state index in [0.717, 1.165) is 147 Å². The molecule has 0 aliphatic heterocycles. The molecule has 0 bridgehead atoms. The van der Waals surface area contributed by atoms with Crippen LogP contribution in [0.4, 0.5) is 8.78 Å². The molecule has 0 fully saturated rings. The number of ether oxygens (including phenoxy) is 2. The highest BCUT2D eigenvalue weighted by Gasteiger charge is 2.32. The van der Waals surface area contributed by atoms with Crippen LogP contribution in [0.25, 0.3) is 73.6 Å². The number of halogens is 2. The van der Waals surface area contributed by atoms with Gasteiger partial charge in [-0.3, -0.25) is 0 Å². The largest absolute Gasteiger partial charge is 0.489 e. The summed E-state index contributed by atoms with van der Waals surface area (Å²) >= 11 is 8.99. The third kappa shape index (κ3) is 23.2. The van der Waals surface area contributed by atoms with Gasteiger partial charge in [-0.2, -0.15) is 17.5 Å². The summed E-state index contributed by atoms with van der Waals surface area (Å²) in [5, 5.41) is 0. The maximum atomic E-state index is 18.0. The van der Waals surface area contributed by atoms with Crippen LogP contribution < -0.4 is 9.47 Å². The lowest BCUT2D eigenvalue weighted by Gasteiger charge is -2.20. The summed E-state index contributed by atoms with van der Waals surface area (Å²) in [6.07, 6.45) is 51.5. The van der Waals surface area contributed by atoms with Crippen molar-refractivity contribution in [1.82, 2.24) is 17.5 Å². The van der Waals surface area contributed by atoms with Gasteiger partial charge in [-0.1, -0.05) is 286 Å². The first-order valence-electron chi connectivity index (χ1n) is 38.7.